The molecule has 6 N–H and O–H groups in total. The van der Waals surface area contributed by atoms with E-state index in [0.717, 1.165) is 32.8 Å². The van der Waals surface area contributed by atoms with Crippen LogP contribution in [-0.4, -0.2) is 72.7 Å². The third-order valence-corrected chi connectivity index (χ3v) is 11.2. The van der Waals surface area contributed by atoms with Crippen molar-refractivity contribution in [3.63, 3.8) is 0 Å². The molecule has 6 rings (SSSR count). The summed E-state index contributed by atoms with van der Waals surface area (Å²) in [4.78, 5) is 47.7. The molecule has 58 heavy (non-hydrogen) atoms. The molecule has 13 heteroatoms. The Balaban J connectivity index is 1.02. The summed E-state index contributed by atoms with van der Waals surface area (Å²) in [5, 5.41) is 35.1. The molecule has 1 unspecified atom stereocenters. The Hall–Kier alpha value is -6.10. The minimum atomic E-state index is -0.913. The zero-order chi connectivity index (χ0) is 41.6. The highest BCUT2D eigenvalue weighted by molar-refractivity contribution is 7.13. The molecule has 0 radical (unpaired) electrons. The van der Waals surface area contributed by atoms with Crippen molar-refractivity contribution in [3.05, 3.63) is 101 Å². The van der Waals surface area contributed by atoms with E-state index in [2.05, 4.69) is 37.7 Å². The summed E-state index contributed by atoms with van der Waals surface area (Å²) in [6, 6.07) is 22.0. The van der Waals surface area contributed by atoms with Crippen molar-refractivity contribution >= 4 is 34.9 Å². The molecule has 2 aromatic heterocycles. The van der Waals surface area contributed by atoms with Gasteiger partial charge in [0.25, 0.3) is 0 Å². The van der Waals surface area contributed by atoms with Crippen LogP contribution in [0.2, 0.25) is 0 Å². The number of β-amino-alcohol motifs (C(OH)–C–C–N with tert-alkyl or cyclic N) is 1. The van der Waals surface area contributed by atoms with Crippen molar-refractivity contribution in [2.45, 2.75) is 84.5 Å². The van der Waals surface area contributed by atoms with Crippen LogP contribution in [0.5, 0.6) is 5.75 Å². The predicted molar refractivity (Wildman–Crippen MR) is 226 cm³/mol. The first-order valence-corrected chi connectivity index (χ1v) is 20.2. The van der Waals surface area contributed by atoms with Gasteiger partial charge in [0.1, 0.15) is 17.8 Å². The van der Waals surface area contributed by atoms with Crippen LogP contribution < -0.4 is 16.4 Å². The number of thiazole rings is 1. The number of phenolic OH excluding ortho intramolecular Hbond substituents is 1. The molecule has 1 saturated heterocycles. The van der Waals surface area contributed by atoms with Crippen LogP contribution in [-0.2, 0) is 14.4 Å². The van der Waals surface area contributed by atoms with Crippen molar-refractivity contribution in [1.82, 2.24) is 30.7 Å². The Morgan fingerprint density at radius 1 is 0.983 bits per heavy atom. The van der Waals surface area contributed by atoms with Gasteiger partial charge >= 0.3 is 0 Å². The maximum Gasteiger partial charge on any atom is 0.246 e. The van der Waals surface area contributed by atoms with Crippen LogP contribution in [0.15, 0.2) is 84.4 Å². The van der Waals surface area contributed by atoms with Crippen LogP contribution in [0.4, 0.5) is 5.82 Å². The molecule has 0 saturated carbocycles. The molecule has 300 valence electrons. The number of unbranched alkanes of at least 4 members (excludes halogenated alkanes) is 1. The van der Waals surface area contributed by atoms with Gasteiger partial charge in [0.05, 0.1) is 33.9 Å². The number of aromatic nitrogens is 3. The topological polar surface area (TPSA) is 184 Å². The fourth-order valence-electron chi connectivity index (χ4n) is 6.94. The molecule has 0 spiro atoms. The standard InChI is InChI=1S/C45H49N7O5S/c1-27(30-19-21-32(22-20-30)40-28(2)47-26-58-40)48-43(56)37-23-33(53)25-52(37)44(57)41(45(3,4)5)49-39(55)14-8-6-7-11-29-15-17-31(18-16-29)35-24-36(50-51-42(35)46)34-12-9-10-13-38(34)54/h9-10,12-13,15-22,24,26-27,33,37,41,53-54H,6,8,14,23,25H2,1-5H3,(H2,46,51)(H,48,56)(H,49,55)/t27-,33+,37-,41?/m0/s1. The van der Waals surface area contributed by atoms with E-state index >= 15 is 0 Å². The van der Waals surface area contributed by atoms with Gasteiger partial charge in [-0.3, -0.25) is 14.4 Å². The predicted octanol–water partition coefficient (Wildman–Crippen LogP) is 6.42. The Kier molecular flexibility index (Phi) is 12.9. The highest BCUT2D eigenvalue weighted by Gasteiger charge is 2.44. The first-order valence-electron chi connectivity index (χ1n) is 19.3. The molecule has 12 nitrogen and oxygen atoms in total. The van der Waals surface area contributed by atoms with Crippen molar-refractivity contribution in [2.75, 3.05) is 12.3 Å². The number of hydrogen-bond acceptors (Lipinski definition) is 10. The fourth-order valence-corrected chi connectivity index (χ4v) is 7.75. The lowest BCUT2D eigenvalue weighted by Crippen LogP contribution is -2.57. The number of aliphatic hydroxyl groups is 1. The summed E-state index contributed by atoms with van der Waals surface area (Å²) < 4.78 is 0. The number of nitrogens with two attached hydrogens (primary N) is 1. The van der Waals surface area contributed by atoms with Crippen LogP contribution >= 0.6 is 11.3 Å². The number of benzene rings is 3. The normalized spacial score (nSPS) is 16.2. The van der Waals surface area contributed by atoms with Gasteiger partial charge in [0, 0.05) is 42.5 Å². The molecule has 4 atom stereocenters. The number of aromatic hydroxyl groups is 1. The third kappa shape index (κ3) is 9.88. The van der Waals surface area contributed by atoms with E-state index in [1.165, 1.54) is 4.90 Å². The molecule has 1 fully saturated rings. The van der Waals surface area contributed by atoms with Gasteiger partial charge in [-0.05, 0) is 72.7 Å². The summed E-state index contributed by atoms with van der Waals surface area (Å²) in [5.74, 6) is 5.56. The Bertz CT molecular complexity index is 2330. The molecular weight excluding hydrogens is 751 g/mol. The number of hydrogen-bond donors (Lipinski definition) is 5. The number of phenols is 1. The summed E-state index contributed by atoms with van der Waals surface area (Å²) in [6.07, 6.45) is 0.340. The SMILES string of the molecule is Cc1ncsc1-c1ccc([C@H](C)NC(=O)[C@@H]2C[C@@H](O)CN2C(=O)C(NC(=O)CCCC#Cc2ccc(-c3cc(-c4ccccc4O)nnc3N)cc2)C(C)(C)C)cc1. The van der Waals surface area contributed by atoms with E-state index < -0.39 is 29.5 Å². The van der Waals surface area contributed by atoms with Gasteiger partial charge in [-0.25, -0.2) is 4.98 Å². The van der Waals surface area contributed by atoms with E-state index in [-0.39, 0.29) is 48.8 Å². The van der Waals surface area contributed by atoms with E-state index in [1.807, 2.05) is 94.7 Å². The number of carbonyl (C=O) groups is 3. The number of likely N-dealkylation sites (tertiary alicyclic amines) is 1. The summed E-state index contributed by atoms with van der Waals surface area (Å²) in [5.41, 5.74) is 13.6. The number of para-hydroxylation sites is 1. The number of aliphatic hydroxyl groups excluding tert-OH is 1. The number of rotatable bonds is 11. The molecule has 5 aromatic rings. The van der Waals surface area contributed by atoms with Gasteiger partial charge in [-0.2, -0.15) is 0 Å². The Labute approximate surface area is 342 Å². The molecule has 1 aliphatic heterocycles. The number of aryl methyl sites for hydroxylation is 1. The van der Waals surface area contributed by atoms with E-state index in [9.17, 15) is 24.6 Å². The zero-order valence-electron chi connectivity index (χ0n) is 33.3. The average molecular weight is 800 g/mol. The van der Waals surface area contributed by atoms with Crippen molar-refractivity contribution < 1.29 is 24.6 Å². The average Bonchev–Trinajstić information content (AvgIpc) is 3.82. The number of carbonyl (C=O) groups excluding carboxylic acids is 3. The first kappa shape index (κ1) is 41.5. The molecule has 3 aromatic carbocycles. The number of nitrogen functional groups attached to an aromatic ring is 1. The third-order valence-electron chi connectivity index (χ3n) is 10.2. The summed E-state index contributed by atoms with van der Waals surface area (Å²) in [6.45, 7) is 9.44. The smallest absolute Gasteiger partial charge is 0.246 e. The second-order valence-electron chi connectivity index (χ2n) is 15.7. The fraction of sp³-hybridized carbons (Fsp3) is 0.333. The van der Waals surface area contributed by atoms with Crippen molar-refractivity contribution in [1.29, 1.82) is 0 Å². The van der Waals surface area contributed by atoms with Crippen LogP contribution in [0.25, 0.3) is 32.8 Å². The van der Waals surface area contributed by atoms with Gasteiger partial charge in [-0.1, -0.05) is 81.1 Å². The lowest BCUT2D eigenvalue weighted by atomic mass is 9.85. The van der Waals surface area contributed by atoms with Gasteiger partial charge in [0.2, 0.25) is 17.7 Å². The highest BCUT2D eigenvalue weighted by Crippen LogP contribution is 2.33. The maximum atomic E-state index is 14.1. The van der Waals surface area contributed by atoms with Gasteiger partial charge in [0.15, 0.2) is 5.82 Å². The molecule has 0 aliphatic carbocycles. The first-order chi connectivity index (χ1) is 27.7. The Morgan fingerprint density at radius 3 is 2.36 bits per heavy atom. The number of nitrogens with zero attached hydrogens (tertiary/aromatic N) is 4. The van der Waals surface area contributed by atoms with Crippen molar-refractivity contribution in [3.8, 4) is 50.4 Å². The van der Waals surface area contributed by atoms with Crippen LogP contribution in [0.3, 0.4) is 0 Å². The highest BCUT2D eigenvalue weighted by atomic mass is 32.1. The van der Waals surface area contributed by atoms with E-state index in [1.54, 1.807) is 35.6 Å². The minimum Gasteiger partial charge on any atom is -0.507 e. The zero-order valence-corrected chi connectivity index (χ0v) is 34.1. The lowest BCUT2D eigenvalue weighted by Gasteiger charge is -2.35. The summed E-state index contributed by atoms with van der Waals surface area (Å²) in [7, 11) is 0. The molecule has 3 amide bonds. The second kappa shape index (κ2) is 18.0. The van der Waals surface area contributed by atoms with Crippen LogP contribution in [0.1, 0.15) is 76.2 Å². The minimum absolute atomic E-state index is 0.000668. The molecule has 3 heterocycles. The molecule has 0 bridgehead atoms. The van der Waals surface area contributed by atoms with E-state index in [4.69, 9.17) is 5.73 Å². The second-order valence-corrected chi connectivity index (χ2v) is 16.5. The molecular formula is C45H49N7O5S. The van der Waals surface area contributed by atoms with Crippen LogP contribution in [0, 0.1) is 24.2 Å². The largest absolute Gasteiger partial charge is 0.507 e. The van der Waals surface area contributed by atoms with Gasteiger partial charge < -0.3 is 31.5 Å². The maximum absolute atomic E-state index is 14.1. The number of amides is 3. The van der Waals surface area contributed by atoms with Crippen molar-refractivity contribution in [2.24, 2.45) is 5.41 Å². The monoisotopic (exact) mass is 799 g/mol. The Morgan fingerprint density at radius 2 is 1.69 bits per heavy atom. The van der Waals surface area contributed by atoms with E-state index in [0.29, 0.717) is 29.7 Å². The number of anilines is 1. The molecule has 1 aliphatic rings. The van der Waals surface area contributed by atoms with Gasteiger partial charge in [-0.15, -0.1) is 21.5 Å². The quantitative estimate of drug-likeness (QED) is 0.0743. The summed E-state index contributed by atoms with van der Waals surface area (Å²) >= 11 is 1.58. The number of nitrogens with one attached hydrogen (secondary N) is 2. The lowest BCUT2D eigenvalue weighted by molar-refractivity contribution is -0.144.